The number of benzene rings is 2. The third kappa shape index (κ3) is 2.06. The molecule has 2 aromatic carbocycles. The summed E-state index contributed by atoms with van der Waals surface area (Å²) in [6.45, 7) is 1.87. The number of aromatic amines is 1. The number of hydrogen-bond donors (Lipinski definition) is 2. The molecular formula is C14H12N4O. The van der Waals surface area contributed by atoms with Crippen LogP contribution < -0.4 is 0 Å². The lowest BCUT2D eigenvalue weighted by atomic mass is 10.1. The molecule has 19 heavy (non-hydrogen) atoms. The molecule has 0 aliphatic carbocycles. The third-order valence-electron chi connectivity index (χ3n) is 2.94. The second-order valence-electron chi connectivity index (χ2n) is 4.23. The quantitative estimate of drug-likeness (QED) is 0.676. The highest BCUT2D eigenvalue weighted by atomic mass is 16.3. The number of rotatable bonds is 2. The summed E-state index contributed by atoms with van der Waals surface area (Å²) < 4.78 is 0. The average molecular weight is 252 g/mol. The Hall–Kier alpha value is -2.69. The molecule has 0 fully saturated rings. The van der Waals surface area contributed by atoms with Gasteiger partial charge in [0.05, 0.1) is 11.9 Å². The van der Waals surface area contributed by atoms with E-state index in [2.05, 4.69) is 20.4 Å². The first-order valence-corrected chi connectivity index (χ1v) is 5.88. The number of phenols is 1. The van der Waals surface area contributed by atoms with Crippen molar-refractivity contribution in [1.82, 2.24) is 10.2 Å². The lowest BCUT2D eigenvalue weighted by Crippen LogP contribution is -1.75. The van der Waals surface area contributed by atoms with Crippen LogP contribution in [0.5, 0.6) is 5.75 Å². The maximum Gasteiger partial charge on any atom is 0.143 e. The van der Waals surface area contributed by atoms with Gasteiger partial charge in [-0.3, -0.25) is 5.10 Å². The zero-order valence-corrected chi connectivity index (χ0v) is 10.3. The smallest absolute Gasteiger partial charge is 0.143 e. The van der Waals surface area contributed by atoms with Gasteiger partial charge in [0.1, 0.15) is 17.1 Å². The number of aromatic hydroxyl groups is 1. The van der Waals surface area contributed by atoms with Crippen molar-refractivity contribution < 1.29 is 5.11 Å². The van der Waals surface area contributed by atoms with Crippen molar-refractivity contribution >= 4 is 22.1 Å². The highest BCUT2D eigenvalue weighted by Gasteiger charge is 2.06. The maximum atomic E-state index is 9.93. The molecule has 5 nitrogen and oxygen atoms in total. The Morgan fingerprint density at radius 2 is 1.95 bits per heavy atom. The maximum absolute atomic E-state index is 9.93. The number of fused-ring (bicyclic) bond motifs is 1. The molecule has 2 N–H and O–H groups in total. The van der Waals surface area contributed by atoms with Crippen LogP contribution >= 0.6 is 0 Å². The Balaban J connectivity index is 2.12. The molecular weight excluding hydrogens is 240 g/mol. The Morgan fingerprint density at radius 1 is 1.11 bits per heavy atom. The molecule has 1 aromatic heterocycles. The van der Waals surface area contributed by atoms with Crippen molar-refractivity contribution in [2.75, 3.05) is 0 Å². The zero-order valence-electron chi connectivity index (χ0n) is 10.3. The van der Waals surface area contributed by atoms with E-state index in [1.165, 1.54) is 0 Å². The van der Waals surface area contributed by atoms with E-state index in [0.29, 0.717) is 11.4 Å². The summed E-state index contributed by atoms with van der Waals surface area (Å²) in [4.78, 5) is 0. The predicted molar refractivity (Wildman–Crippen MR) is 73.1 cm³/mol. The van der Waals surface area contributed by atoms with Gasteiger partial charge in [0.15, 0.2) is 0 Å². The molecule has 0 atom stereocenters. The van der Waals surface area contributed by atoms with E-state index in [9.17, 15) is 5.11 Å². The highest BCUT2D eigenvalue weighted by molar-refractivity contribution is 5.95. The summed E-state index contributed by atoms with van der Waals surface area (Å²) in [5.74, 6) is 0.114. The van der Waals surface area contributed by atoms with Crippen LogP contribution in [0.2, 0.25) is 0 Å². The van der Waals surface area contributed by atoms with E-state index in [1.807, 2.05) is 37.3 Å². The highest BCUT2D eigenvalue weighted by Crippen LogP contribution is 2.36. The Kier molecular flexibility index (Phi) is 2.72. The third-order valence-corrected chi connectivity index (χ3v) is 2.94. The Bertz CT molecular complexity index is 761. The van der Waals surface area contributed by atoms with Crippen molar-refractivity contribution in [3.8, 4) is 5.75 Å². The largest absolute Gasteiger partial charge is 0.506 e. The minimum Gasteiger partial charge on any atom is -0.506 e. The zero-order chi connectivity index (χ0) is 13.2. The molecule has 0 aliphatic rings. The topological polar surface area (TPSA) is 73.6 Å². The van der Waals surface area contributed by atoms with Crippen molar-refractivity contribution in [3.05, 3.63) is 48.3 Å². The van der Waals surface area contributed by atoms with Crippen LogP contribution in [0.15, 0.2) is 52.8 Å². The number of phenolic OH excluding ortho intramolecular Hbond substituents is 1. The molecule has 0 bridgehead atoms. The molecule has 0 saturated carbocycles. The van der Waals surface area contributed by atoms with Crippen LogP contribution in [-0.4, -0.2) is 15.3 Å². The predicted octanol–water partition coefficient (Wildman–Crippen LogP) is 3.99. The van der Waals surface area contributed by atoms with Gasteiger partial charge in [-0.05, 0) is 18.4 Å². The fraction of sp³-hybridized carbons (Fsp3) is 0.0714. The van der Waals surface area contributed by atoms with Crippen molar-refractivity contribution in [1.29, 1.82) is 0 Å². The van der Waals surface area contributed by atoms with E-state index in [0.717, 1.165) is 16.5 Å². The summed E-state index contributed by atoms with van der Waals surface area (Å²) >= 11 is 0. The molecule has 3 aromatic rings. The number of nitrogens with zero attached hydrogens (tertiary/aromatic N) is 3. The van der Waals surface area contributed by atoms with E-state index in [4.69, 9.17) is 0 Å². The minimum absolute atomic E-state index is 0.114. The van der Waals surface area contributed by atoms with Gasteiger partial charge < -0.3 is 5.11 Å². The first-order valence-electron chi connectivity index (χ1n) is 5.88. The van der Waals surface area contributed by atoms with E-state index in [-0.39, 0.29) is 5.75 Å². The van der Waals surface area contributed by atoms with E-state index >= 15 is 0 Å². The first kappa shape index (κ1) is 11.4. The second kappa shape index (κ2) is 4.53. The number of aryl methyl sites for hydroxylation is 1. The van der Waals surface area contributed by atoms with Crippen molar-refractivity contribution in [2.45, 2.75) is 6.92 Å². The van der Waals surface area contributed by atoms with Crippen molar-refractivity contribution in [3.63, 3.8) is 0 Å². The standard InChI is InChI=1S/C14H12N4O/c1-9-12(8-15-16-9)17-18-14-11-5-3-2-4-10(11)6-7-13(14)19/h2-8,19H,1H3,(H,15,16). The fourth-order valence-electron chi connectivity index (χ4n) is 1.90. The molecule has 3 rings (SSSR count). The van der Waals surface area contributed by atoms with Crippen molar-refractivity contribution in [2.24, 2.45) is 10.2 Å². The molecule has 0 radical (unpaired) electrons. The number of hydrogen-bond acceptors (Lipinski definition) is 4. The summed E-state index contributed by atoms with van der Waals surface area (Å²) in [6, 6.07) is 11.2. The molecule has 5 heteroatoms. The summed E-state index contributed by atoms with van der Waals surface area (Å²) in [5, 5.41) is 26.7. The molecule has 0 amide bonds. The summed E-state index contributed by atoms with van der Waals surface area (Å²) in [5.41, 5.74) is 1.97. The molecule has 0 aliphatic heterocycles. The monoisotopic (exact) mass is 252 g/mol. The lowest BCUT2D eigenvalue weighted by Gasteiger charge is -2.03. The second-order valence-corrected chi connectivity index (χ2v) is 4.23. The Morgan fingerprint density at radius 3 is 2.74 bits per heavy atom. The van der Waals surface area contributed by atoms with Gasteiger partial charge in [-0.25, -0.2) is 0 Å². The van der Waals surface area contributed by atoms with Crippen LogP contribution in [0.1, 0.15) is 5.69 Å². The van der Waals surface area contributed by atoms with E-state index in [1.54, 1.807) is 12.3 Å². The van der Waals surface area contributed by atoms with Gasteiger partial charge in [0, 0.05) is 5.39 Å². The summed E-state index contributed by atoms with van der Waals surface area (Å²) in [7, 11) is 0. The van der Waals surface area contributed by atoms with Crippen LogP contribution in [-0.2, 0) is 0 Å². The van der Waals surface area contributed by atoms with Gasteiger partial charge in [0.2, 0.25) is 0 Å². The molecule has 0 saturated heterocycles. The minimum atomic E-state index is 0.114. The van der Waals surface area contributed by atoms with Gasteiger partial charge in [-0.1, -0.05) is 30.3 Å². The van der Waals surface area contributed by atoms with Crippen LogP contribution in [0, 0.1) is 6.92 Å². The fourth-order valence-corrected chi connectivity index (χ4v) is 1.90. The number of nitrogens with one attached hydrogen (secondary N) is 1. The van der Waals surface area contributed by atoms with E-state index < -0.39 is 0 Å². The van der Waals surface area contributed by atoms with Gasteiger partial charge >= 0.3 is 0 Å². The normalized spacial score (nSPS) is 11.4. The lowest BCUT2D eigenvalue weighted by molar-refractivity contribution is 0.477. The molecule has 1 heterocycles. The Labute approximate surface area is 109 Å². The van der Waals surface area contributed by atoms with Gasteiger partial charge in [-0.15, -0.1) is 10.2 Å². The van der Waals surface area contributed by atoms with Crippen LogP contribution in [0.25, 0.3) is 10.8 Å². The summed E-state index contributed by atoms with van der Waals surface area (Å²) in [6.07, 6.45) is 1.60. The van der Waals surface area contributed by atoms with Gasteiger partial charge in [-0.2, -0.15) is 5.10 Å². The van der Waals surface area contributed by atoms with Crippen LogP contribution in [0.3, 0.4) is 0 Å². The molecule has 0 unspecified atom stereocenters. The average Bonchev–Trinajstić information content (AvgIpc) is 2.83. The van der Waals surface area contributed by atoms with Crippen LogP contribution in [0.4, 0.5) is 11.4 Å². The number of aromatic nitrogens is 2. The first-order chi connectivity index (χ1) is 9.25. The molecule has 94 valence electrons. The number of azo groups is 1. The van der Waals surface area contributed by atoms with Gasteiger partial charge in [0.25, 0.3) is 0 Å². The molecule has 0 spiro atoms. The SMILES string of the molecule is Cc1[nH]ncc1N=Nc1c(O)ccc2ccccc12. The number of H-pyrrole nitrogens is 1.